The average molecular weight is 373 g/mol. The van der Waals surface area contributed by atoms with Crippen molar-refractivity contribution in [3.05, 3.63) is 138 Å². The van der Waals surface area contributed by atoms with Crippen LogP contribution in [0.3, 0.4) is 0 Å². The third-order valence-corrected chi connectivity index (χ3v) is 5.57. The Balaban J connectivity index is 1.83. The number of fused-ring (bicyclic) bond motifs is 1. The first-order valence-electron chi connectivity index (χ1n) is 10.2. The Hall–Kier alpha value is -3.58. The fourth-order valence-corrected chi connectivity index (χ4v) is 4.25. The van der Waals surface area contributed by atoms with Gasteiger partial charge in [-0.3, -0.25) is 0 Å². The Labute approximate surface area is 172 Å². The van der Waals surface area contributed by atoms with Crippen LogP contribution in [0.5, 0.6) is 0 Å². The molecule has 4 aromatic rings. The van der Waals surface area contributed by atoms with E-state index in [4.69, 9.17) is 0 Å². The predicted molar refractivity (Wildman–Crippen MR) is 123 cm³/mol. The average Bonchev–Trinajstić information content (AvgIpc) is 3.23. The van der Waals surface area contributed by atoms with E-state index >= 15 is 0 Å². The first kappa shape index (κ1) is 17.5. The van der Waals surface area contributed by atoms with Crippen LogP contribution in [0.25, 0.3) is 11.3 Å². The molecule has 0 radical (unpaired) electrons. The van der Waals surface area contributed by atoms with Gasteiger partial charge in [-0.05, 0) is 34.7 Å². The van der Waals surface area contributed by atoms with Gasteiger partial charge in [0, 0.05) is 17.8 Å². The van der Waals surface area contributed by atoms with Crippen molar-refractivity contribution >= 4 is 17.0 Å². The summed E-state index contributed by atoms with van der Waals surface area (Å²) in [6.45, 7) is 0.993. The SMILES string of the molecule is c1ccc(C(=C(c2ccccc2)N2CCc3ccccc32)c2ccccc2)cc1. The molecule has 1 heterocycles. The molecule has 1 aliphatic heterocycles. The number of nitrogens with zero attached hydrogens (tertiary/aromatic N) is 1. The van der Waals surface area contributed by atoms with Crippen LogP contribution in [0.2, 0.25) is 0 Å². The molecular weight excluding hydrogens is 350 g/mol. The van der Waals surface area contributed by atoms with Crippen molar-refractivity contribution in [1.82, 2.24) is 0 Å². The van der Waals surface area contributed by atoms with Gasteiger partial charge in [0.2, 0.25) is 0 Å². The zero-order chi connectivity index (χ0) is 19.5. The normalized spacial score (nSPS) is 12.5. The Morgan fingerprint density at radius 2 is 1.00 bits per heavy atom. The summed E-state index contributed by atoms with van der Waals surface area (Å²) in [5.74, 6) is 0. The Morgan fingerprint density at radius 3 is 1.59 bits per heavy atom. The molecule has 0 spiro atoms. The number of para-hydroxylation sites is 1. The van der Waals surface area contributed by atoms with E-state index < -0.39 is 0 Å². The zero-order valence-electron chi connectivity index (χ0n) is 16.3. The van der Waals surface area contributed by atoms with Crippen molar-refractivity contribution in [2.75, 3.05) is 11.4 Å². The summed E-state index contributed by atoms with van der Waals surface area (Å²) in [5, 5.41) is 0. The summed E-state index contributed by atoms with van der Waals surface area (Å²) in [6, 6.07) is 41.1. The third-order valence-electron chi connectivity index (χ3n) is 5.57. The summed E-state index contributed by atoms with van der Waals surface area (Å²) in [4.78, 5) is 2.50. The standard InChI is InChI=1S/C28H23N/c1-4-13-23(14-5-1)27(24-15-6-2-7-16-24)28(25-17-8-3-9-18-25)29-21-20-22-12-10-11-19-26(22)29/h1-19H,20-21H2. The molecule has 0 fully saturated rings. The molecule has 0 amide bonds. The molecule has 0 saturated carbocycles. The van der Waals surface area contributed by atoms with Crippen LogP contribution < -0.4 is 4.90 Å². The lowest BCUT2D eigenvalue weighted by molar-refractivity contribution is 1.00. The molecule has 0 bridgehead atoms. The van der Waals surface area contributed by atoms with Gasteiger partial charge in [0.15, 0.2) is 0 Å². The quantitative estimate of drug-likeness (QED) is 0.361. The lowest BCUT2D eigenvalue weighted by atomic mass is 9.92. The molecule has 0 unspecified atom stereocenters. The van der Waals surface area contributed by atoms with Crippen molar-refractivity contribution in [1.29, 1.82) is 0 Å². The second kappa shape index (κ2) is 7.81. The highest BCUT2D eigenvalue weighted by atomic mass is 15.2. The van der Waals surface area contributed by atoms with Crippen LogP contribution in [0.4, 0.5) is 5.69 Å². The minimum atomic E-state index is 0.993. The fourth-order valence-electron chi connectivity index (χ4n) is 4.25. The summed E-state index contributed by atoms with van der Waals surface area (Å²) in [6.07, 6.45) is 1.07. The number of hydrogen-bond donors (Lipinski definition) is 0. The first-order valence-corrected chi connectivity index (χ1v) is 10.2. The van der Waals surface area contributed by atoms with Gasteiger partial charge in [0.1, 0.15) is 0 Å². The van der Waals surface area contributed by atoms with Gasteiger partial charge < -0.3 is 4.90 Å². The molecule has 29 heavy (non-hydrogen) atoms. The Morgan fingerprint density at radius 1 is 0.517 bits per heavy atom. The van der Waals surface area contributed by atoms with E-state index in [0.717, 1.165) is 13.0 Å². The van der Waals surface area contributed by atoms with Crippen LogP contribution in [0.1, 0.15) is 22.3 Å². The molecule has 0 atom stereocenters. The van der Waals surface area contributed by atoms with E-state index in [1.807, 2.05) is 0 Å². The Bertz CT molecular complexity index is 1090. The van der Waals surface area contributed by atoms with Crippen molar-refractivity contribution < 1.29 is 0 Å². The molecule has 0 N–H and O–H groups in total. The highest BCUT2D eigenvalue weighted by molar-refractivity contribution is 6.03. The topological polar surface area (TPSA) is 3.24 Å². The van der Waals surface area contributed by atoms with Crippen LogP contribution >= 0.6 is 0 Å². The van der Waals surface area contributed by atoms with Gasteiger partial charge in [0.05, 0.1) is 5.70 Å². The van der Waals surface area contributed by atoms with Gasteiger partial charge in [0.25, 0.3) is 0 Å². The molecule has 0 aromatic heterocycles. The molecule has 140 valence electrons. The van der Waals surface area contributed by atoms with Crippen LogP contribution in [0.15, 0.2) is 115 Å². The highest BCUT2D eigenvalue weighted by Crippen LogP contribution is 2.40. The smallest absolute Gasteiger partial charge is 0.0570 e. The summed E-state index contributed by atoms with van der Waals surface area (Å²) < 4.78 is 0. The molecule has 0 saturated heterocycles. The minimum Gasteiger partial charge on any atom is -0.340 e. The predicted octanol–water partition coefficient (Wildman–Crippen LogP) is 6.67. The van der Waals surface area contributed by atoms with Gasteiger partial charge in [-0.2, -0.15) is 0 Å². The van der Waals surface area contributed by atoms with E-state index in [1.54, 1.807) is 0 Å². The van der Waals surface area contributed by atoms with Crippen molar-refractivity contribution in [2.24, 2.45) is 0 Å². The molecule has 5 rings (SSSR count). The van der Waals surface area contributed by atoms with Crippen molar-refractivity contribution in [2.45, 2.75) is 6.42 Å². The molecule has 1 heteroatoms. The maximum absolute atomic E-state index is 2.50. The van der Waals surface area contributed by atoms with E-state index in [-0.39, 0.29) is 0 Å². The van der Waals surface area contributed by atoms with Gasteiger partial charge in [-0.1, -0.05) is 109 Å². The molecule has 4 aromatic carbocycles. The first-order chi connectivity index (χ1) is 14.4. The number of anilines is 1. The van der Waals surface area contributed by atoms with Crippen molar-refractivity contribution in [3.8, 4) is 0 Å². The summed E-state index contributed by atoms with van der Waals surface area (Å²) in [5.41, 5.74) is 9.00. The lowest BCUT2D eigenvalue weighted by Crippen LogP contribution is -2.20. The van der Waals surface area contributed by atoms with Crippen molar-refractivity contribution in [3.63, 3.8) is 0 Å². The van der Waals surface area contributed by atoms with Crippen LogP contribution in [-0.2, 0) is 6.42 Å². The number of benzene rings is 4. The second-order valence-corrected chi connectivity index (χ2v) is 7.35. The van der Waals surface area contributed by atoms with Crippen LogP contribution in [0, 0.1) is 0 Å². The molecule has 1 nitrogen and oxygen atoms in total. The molecule has 0 aliphatic carbocycles. The number of hydrogen-bond acceptors (Lipinski definition) is 1. The van der Waals surface area contributed by atoms with Gasteiger partial charge in [-0.15, -0.1) is 0 Å². The summed E-state index contributed by atoms with van der Waals surface area (Å²) >= 11 is 0. The number of rotatable bonds is 4. The maximum atomic E-state index is 2.50. The highest BCUT2D eigenvalue weighted by Gasteiger charge is 2.26. The largest absolute Gasteiger partial charge is 0.340 e. The van der Waals surface area contributed by atoms with E-state index in [9.17, 15) is 0 Å². The minimum absolute atomic E-state index is 0.993. The summed E-state index contributed by atoms with van der Waals surface area (Å²) in [7, 11) is 0. The van der Waals surface area contributed by atoms with Gasteiger partial charge in [-0.25, -0.2) is 0 Å². The monoisotopic (exact) mass is 373 g/mol. The Kier molecular flexibility index (Phi) is 4.72. The second-order valence-electron chi connectivity index (χ2n) is 7.35. The maximum Gasteiger partial charge on any atom is 0.0570 e. The molecule has 1 aliphatic rings. The van der Waals surface area contributed by atoms with E-state index in [0.29, 0.717) is 0 Å². The lowest BCUT2D eigenvalue weighted by Gasteiger charge is -2.27. The molecular formula is C28H23N. The van der Waals surface area contributed by atoms with Crippen LogP contribution in [-0.4, -0.2) is 6.54 Å². The fraction of sp³-hybridized carbons (Fsp3) is 0.0714. The van der Waals surface area contributed by atoms with E-state index in [1.165, 1.54) is 39.2 Å². The third kappa shape index (κ3) is 3.36. The van der Waals surface area contributed by atoms with E-state index in [2.05, 4.69) is 120 Å². The zero-order valence-corrected chi connectivity index (χ0v) is 16.3. The van der Waals surface area contributed by atoms with Gasteiger partial charge >= 0.3 is 0 Å².